The number of carbonyl (C=O) groups is 3. The maximum Gasteiger partial charge on any atom is 0.271 e. The average molecular weight is 288 g/mol. The van der Waals surface area contributed by atoms with Gasteiger partial charge in [-0.05, 0) is 24.6 Å². The quantitative estimate of drug-likeness (QED) is 0.778. The van der Waals surface area contributed by atoms with Crippen molar-refractivity contribution in [2.24, 2.45) is 5.10 Å². The van der Waals surface area contributed by atoms with Crippen molar-refractivity contribution >= 4 is 34.8 Å². The number of nitrogens with zero attached hydrogens (tertiary/aromatic N) is 1. The highest BCUT2D eigenvalue weighted by atomic mass is 16.2. The second-order valence-corrected chi connectivity index (χ2v) is 4.76. The van der Waals surface area contributed by atoms with Crippen molar-refractivity contribution in [3.63, 3.8) is 0 Å². The molecule has 7 nitrogen and oxygen atoms in total. The zero-order valence-corrected chi connectivity index (χ0v) is 11.8. The number of anilines is 2. The Balaban J connectivity index is 2.10. The standard InChI is InChI=1S/C14H16N4O3/c1-8-3-4-10(7-12(8)15-9(2)19)16-14(21)11-5-6-13(20)18-17-11/h3-4,7H,5-6H2,1-2H3,(H,15,19)(H,16,21)(H,18,20). The lowest BCUT2D eigenvalue weighted by Gasteiger charge is -2.13. The second kappa shape index (κ2) is 6.17. The van der Waals surface area contributed by atoms with Crippen molar-refractivity contribution in [3.8, 4) is 0 Å². The Kier molecular flexibility index (Phi) is 4.32. The minimum atomic E-state index is -0.368. The van der Waals surface area contributed by atoms with Crippen molar-refractivity contribution in [3.05, 3.63) is 23.8 Å². The van der Waals surface area contributed by atoms with Crippen LogP contribution in [0.5, 0.6) is 0 Å². The second-order valence-electron chi connectivity index (χ2n) is 4.76. The summed E-state index contributed by atoms with van der Waals surface area (Å²) in [5.41, 5.74) is 4.63. The van der Waals surface area contributed by atoms with Crippen LogP contribution in [-0.4, -0.2) is 23.4 Å². The predicted molar refractivity (Wildman–Crippen MR) is 78.9 cm³/mol. The lowest BCUT2D eigenvalue weighted by molar-refractivity contribution is -0.121. The third kappa shape index (κ3) is 3.88. The fourth-order valence-electron chi connectivity index (χ4n) is 1.87. The molecule has 0 saturated carbocycles. The largest absolute Gasteiger partial charge is 0.326 e. The molecule has 1 aliphatic rings. The molecular formula is C14H16N4O3. The van der Waals surface area contributed by atoms with E-state index in [9.17, 15) is 14.4 Å². The third-order valence-corrected chi connectivity index (χ3v) is 2.97. The van der Waals surface area contributed by atoms with Crippen LogP contribution < -0.4 is 16.1 Å². The molecule has 3 amide bonds. The van der Waals surface area contributed by atoms with Gasteiger partial charge in [0.1, 0.15) is 5.71 Å². The first kappa shape index (κ1) is 14.7. The summed E-state index contributed by atoms with van der Waals surface area (Å²) in [6, 6.07) is 5.21. The summed E-state index contributed by atoms with van der Waals surface area (Å²) in [4.78, 5) is 34.1. The molecule has 0 aliphatic carbocycles. The number of hydrogen-bond acceptors (Lipinski definition) is 4. The summed E-state index contributed by atoms with van der Waals surface area (Å²) in [7, 11) is 0. The SMILES string of the molecule is CC(=O)Nc1cc(NC(=O)C2=NNC(=O)CC2)ccc1C. The molecular weight excluding hydrogens is 272 g/mol. The van der Waals surface area contributed by atoms with Crippen molar-refractivity contribution in [2.75, 3.05) is 10.6 Å². The van der Waals surface area contributed by atoms with Crippen molar-refractivity contribution in [1.29, 1.82) is 0 Å². The maximum atomic E-state index is 12.0. The lowest BCUT2D eigenvalue weighted by Crippen LogP contribution is -2.32. The van der Waals surface area contributed by atoms with E-state index in [0.717, 1.165) is 5.56 Å². The molecule has 0 atom stereocenters. The summed E-state index contributed by atoms with van der Waals surface area (Å²) in [5, 5.41) is 9.12. The fraction of sp³-hybridized carbons (Fsp3) is 0.286. The van der Waals surface area contributed by atoms with Gasteiger partial charge in [0.2, 0.25) is 11.8 Å². The molecule has 1 aromatic carbocycles. The van der Waals surface area contributed by atoms with Crippen molar-refractivity contribution in [2.45, 2.75) is 26.7 Å². The van der Waals surface area contributed by atoms with Crippen LogP contribution in [0.15, 0.2) is 23.3 Å². The van der Waals surface area contributed by atoms with Gasteiger partial charge in [0, 0.05) is 31.1 Å². The zero-order valence-electron chi connectivity index (χ0n) is 11.8. The number of aryl methyl sites for hydroxylation is 1. The first-order valence-corrected chi connectivity index (χ1v) is 6.50. The molecule has 7 heteroatoms. The molecule has 0 saturated heterocycles. The summed E-state index contributed by atoms with van der Waals surface area (Å²) in [6.45, 7) is 3.28. The van der Waals surface area contributed by atoms with Crippen LogP contribution in [-0.2, 0) is 14.4 Å². The van der Waals surface area contributed by atoms with Crippen molar-refractivity contribution in [1.82, 2.24) is 5.43 Å². The molecule has 0 radical (unpaired) electrons. The Morgan fingerprint density at radius 3 is 2.62 bits per heavy atom. The summed E-state index contributed by atoms with van der Waals surface area (Å²) >= 11 is 0. The van der Waals surface area contributed by atoms with Crippen LogP contribution in [0.3, 0.4) is 0 Å². The van der Waals surface area contributed by atoms with Gasteiger partial charge in [0.25, 0.3) is 5.91 Å². The molecule has 1 aromatic rings. The Morgan fingerprint density at radius 2 is 2.00 bits per heavy atom. The zero-order chi connectivity index (χ0) is 15.4. The van der Waals surface area contributed by atoms with Crippen LogP contribution in [0, 0.1) is 6.92 Å². The lowest BCUT2D eigenvalue weighted by atomic mass is 10.1. The van der Waals surface area contributed by atoms with E-state index in [1.807, 2.05) is 6.92 Å². The molecule has 3 N–H and O–H groups in total. The average Bonchev–Trinajstić information content (AvgIpc) is 2.42. The minimum Gasteiger partial charge on any atom is -0.326 e. The van der Waals surface area contributed by atoms with Gasteiger partial charge >= 0.3 is 0 Å². The number of nitrogens with one attached hydrogen (secondary N) is 3. The van der Waals surface area contributed by atoms with Crippen LogP contribution in [0.4, 0.5) is 11.4 Å². The van der Waals surface area contributed by atoms with E-state index in [2.05, 4.69) is 21.2 Å². The first-order chi connectivity index (χ1) is 9.95. The molecule has 0 aromatic heterocycles. The normalized spacial score (nSPS) is 14.0. The Labute approximate surface area is 121 Å². The maximum absolute atomic E-state index is 12.0. The van der Waals surface area contributed by atoms with E-state index in [-0.39, 0.29) is 29.9 Å². The van der Waals surface area contributed by atoms with E-state index in [4.69, 9.17) is 0 Å². The number of benzene rings is 1. The molecule has 2 rings (SSSR count). The molecule has 0 bridgehead atoms. The van der Waals surface area contributed by atoms with Gasteiger partial charge in [-0.15, -0.1) is 0 Å². The van der Waals surface area contributed by atoms with Gasteiger partial charge in [-0.2, -0.15) is 5.10 Å². The Hall–Kier alpha value is -2.70. The topological polar surface area (TPSA) is 99.7 Å². The number of hydrogen-bond donors (Lipinski definition) is 3. The minimum absolute atomic E-state index is 0.180. The first-order valence-electron chi connectivity index (χ1n) is 6.50. The molecule has 0 fully saturated rings. The van der Waals surface area contributed by atoms with Crippen LogP contribution in [0.2, 0.25) is 0 Å². The van der Waals surface area contributed by atoms with Crippen molar-refractivity contribution < 1.29 is 14.4 Å². The van der Waals surface area contributed by atoms with E-state index in [0.29, 0.717) is 17.8 Å². The monoisotopic (exact) mass is 288 g/mol. The number of carbonyl (C=O) groups excluding carboxylic acids is 3. The predicted octanol–water partition coefficient (Wildman–Crippen LogP) is 1.16. The Morgan fingerprint density at radius 1 is 1.24 bits per heavy atom. The molecule has 0 spiro atoms. The molecule has 21 heavy (non-hydrogen) atoms. The van der Waals surface area contributed by atoms with Crippen LogP contribution in [0.1, 0.15) is 25.3 Å². The highest BCUT2D eigenvalue weighted by Gasteiger charge is 2.18. The molecule has 1 heterocycles. The van der Waals surface area contributed by atoms with Gasteiger partial charge in [-0.25, -0.2) is 5.43 Å². The van der Waals surface area contributed by atoms with Crippen LogP contribution in [0.25, 0.3) is 0 Å². The number of amides is 3. The number of hydrazone groups is 1. The summed E-state index contributed by atoms with van der Waals surface area (Å²) in [5.74, 6) is -0.747. The van der Waals surface area contributed by atoms with E-state index >= 15 is 0 Å². The van der Waals surface area contributed by atoms with E-state index in [1.165, 1.54) is 6.92 Å². The van der Waals surface area contributed by atoms with Gasteiger partial charge in [0.15, 0.2) is 0 Å². The van der Waals surface area contributed by atoms with Gasteiger partial charge in [-0.3, -0.25) is 14.4 Å². The highest BCUT2D eigenvalue weighted by Crippen LogP contribution is 2.20. The highest BCUT2D eigenvalue weighted by molar-refractivity contribution is 6.43. The molecule has 1 aliphatic heterocycles. The van der Waals surface area contributed by atoms with Gasteiger partial charge < -0.3 is 10.6 Å². The Bertz CT molecular complexity index is 637. The van der Waals surface area contributed by atoms with Gasteiger partial charge in [-0.1, -0.05) is 6.07 Å². The van der Waals surface area contributed by atoms with E-state index < -0.39 is 0 Å². The summed E-state index contributed by atoms with van der Waals surface area (Å²) < 4.78 is 0. The summed E-state index contributed by atoms with van der Waals surface area (Å²) in [6.07, 6.45) is 0.555. The molecule has 0 unspecified atom stereocenters. The third-order valence-electron chi connectivity index (χ3n) is 2.97. The van der Waals surface area contributed by atoms with Gasteiger partial charge in [0.05, 0.1) is 0 Å². The smallest absolute Gasteiger partial charge is 0.271 e. The van der Waals surface area contributed by atoms with E-state index in [1.54, 1.807) is 18.2 Å². The fourth-order valence-corrected chi connectivity index (χ4v) is 1.87. The number of rotatable bonds is 3. The molecule has 110 valence electrons. The van der Waals surface area contributed by atoms with Crippen LogP contribution >= 0.6 is 0 Å².